The summed E-state index contributed by atoms with van der Waals surface area (Å²) < 4.78 is 33.4. The molecule has 12 heteroatoms. The molecule has 9 rings (SSSR count). The smallest absolute Gasteiger partial charge is 0.177 e. The van der Waals surface area contributed by atoms with Crippen LogP contribution in [0.25, 0.3) is 67.4 Å². The van der Waals surface area contributed by atoms with Crippen molar-refractivity contribution in [2.24, 2.45) is 0 Å². The number of imidazole rings is 4. The van der Waals surface area contributed by atoms with E-state index < -0.39 is 0 Å². The molecule has 0 amide bonds. The molecule has 0 saturated heterocycles. The summed E-state index contributed by atoms with van der Waals surface area (Å²) in [5.41, 5.74) is 7.87. The summed E-state index contributed by atoms with van der Waals surface area (Å²) in [6, 6.07) is 32.8. The van der Waals surface area contributed by atoms with Crippen LogP contribution in [-0.4, -0.2) is 91.1 Å². The van der Waals surface area contributed by atoms with E-state index in [1.807, 2.05) is 72.8 Å². The van der Waals surface area contributed by atoms with Crippen LogP contribution in [0.15, 0.2) is 97.1 Å². The monoisotopic (exact) mass is 696 g/mol. The van der Waals surface area contributed by atoms with Crippen molar-refractivity contribution in [3.05, 3.63) is 97.1 Å². The molecule has 8 aromatic rings. The summed E-state index contributed by atoms with van der Waals surface area (Å²) in [5, 5.41) is 0. The van der Waals surface area contributed by atoms with Gasteiger partial charge in [0.1, 0.15) is 0 Å². The fourth-order valence-electron chi connectivity index (χ4n) is 7.16. The lowest BCUT2D eigenvalue weighted by Gasteiger charge is -2.14. The Morgan fingerprint density at radius 1 is 0.308 bits per heavy atom. The van der Waals surface area contributed by atoms with E-state index in [1.54, 1.807) is 0 Å². The van der Waals surface area contributed by atoms with Crippen LogP contribution in [0.1, 0.15) is 0 Å². The molecule has 4 aromatic carbocycles. The van der Waals surface area contributed by atoms with Gasteiger partial charge < -0.3 is 37.2 Å². The summed E-state index contributed by atoms with van der Waals surface area (Å²) in [7, 11) is 0. The maximum absolute atomic E-state index is 6.13. The number of hydrogen-bond donors (Lipinski definition) is 0. The number of para-hydroxylation sites is 8. The van der Waals surface area contributed by atoms with Crippen LogP contribution in [0.3, 0.4) is 0 Å². The van der Waals surface area contributed by atoms with Gasteiger partial charge in [0, 0.05) is 26.2 Å². The van der Waals surface area contributed by atoms with E-state index in [4.69, 9.17) is 38.9 Å². The SMILES string of the molecule is c1ccc2c(c1)nc1n2CCOCCOCCn2c(nc3ccccc32)-c2nc3ccccc3n2CCOCCOCCn2c-1nc1ccccc12. The van der Waals surface area contributed by atoms with Crippen molar-refractivity contribution < 1.29 is 18.9 Å². The second kappa shape index (κ2) is 14.7. The number of benzene rings is 4. The zero-order valence-corrected chi connectivity index (χ0v) is 28.9. The molecule has 0 aliphatic carbocycles. The lowest BCUT2D eigenvalue weighted by Crippen LogP contribution is -2.16. The quantitative estimate of drug-likeness (QED) is 0.185. The molecular weight excluding hydrogens is 656 g/mol. The predicted molar refractivity (Wildman–Crippen MR) is 200 cm³/mol. The molecule has 4 aromatic heterocycles. The van der Waals surface area contributed by atoms with Crippen molar-refractivity contribution >= 4 is 44.1 Å². The summed E-state index contributed by atoms with van der Waals surface area (Å²) in [5.74, 6) is 3.24. The molecule has 1 aliphatic heterocycles. The topological polar surface area (TPSA) is 108 Å². The molecule has 0 atom stereocenters. The van der Waals surface area contributed by atoms with Crippen LogP contribution >= 0.6 is 0 Å². The largest absolute Gasteiger partial charge is 0.377 e. The van der Waals surface area contributed by atoms with Gasteiger partial charge in [0.25, 0.3) is 0 Å². The van der Waals surface area contributed by atoms with Crippen LogP contribution in [0.4, 0.5) is 0 Å². The first-order chi connectivity index (χ1) is 25.8. The first kappa shape index (κ1) is 32.5. The zero-order chi connectivity index (χ0) is 34.7. The Bertz CT molecular complexity index is 2130. The molecule has 12 nitrogen and oxygen atoms in total. The van der Waals surface area contributed by atoms with Gasteiger partial charge in [0.15, 0.2) is 23.3 Å². The van der Waals surface area contributed by atoms with Gasteiger partial charge in [-0.2, -0.15) is 0 Å². The van der Waals surface area contributed by atoms with Gasteiger partial charge in [0.2, 0.25) is 0 Å². The van der Waals surface area contributed by atoms with E-state index in [1.165, 1.54) is 0 Å². The standard InChI is InChI=1S/C40H40N8O4/c1-5-13-33-29(9-1)41-37-38-42-30-10-2-6-14-34(30)46(38)18-22-50-27-28-52-24-20-48-36-16-8-4-12-32(36)44-40(48)39-43-31-11-3-7-15-35(31)47(39)19-23-51-26-25-49-21-17-45(33)37/h1-16H,17-28H2. The third kappa shape index (κ3) is 6.24. The number of fused-ring (bicyclic) bond motifs is 14. The molecule has 5 heterocycles. The first-order valence-corrected chi connectivity index (χ1v) is 18.0. The Hall–Kier alpha value is -5.40. The summed E-state index contributed by atoms with van der Waals surface area (Å²) >= 11 is 0. The van der Waals surface area contributed by atoms with Gasteiger partial charge in [-0.15, -0.1) is 0 Å². The van der Waals surface area contributed by atoms with Crippen LogP contribution in [-0.2, 0) is 45.1 Å². The Balaban J connectivity index is 1.000. The molecule has 0 saturated carbocycles. The fourth-order valence-corrected chi connectivity index (χ4v) is 7.16. The van der Waals surface area contributed by atoms with E-state index in [9.17, 15) is 0 Å². The van der Waals surface area contributed by atoms with E-state index in [2.05, 4.69) is 42.5 Å². The zero-order valence-electron chi connectivity index (χ0n) is 28.9. The number of ether oxygens (including phenoxy) is 4. The highest BCUT2D eigenvalue weighted by atomic mass is 16.5. The van der Waals surface area contributed by atoms with Crippen LogP contribution in [0.5, 0.6) is 0 Å². The lowest BCUT2D eigenvalue weighted by atomic mass is 10.3. The highest BCUT2D eigenvalue weighted by molar-refractivity contribution is 5.85. The van der Waals surface area contributed by atoms with Crippen LogP contribution in [0, 0.1) is 0 Å². The van der Waals surface area contributed by atoms with Crippen molar-refractivity contribution in [1.82, 2.24) is 38.2 Å². The average molecular weight is 697 g/mol. The van der Waals surface area contributed by atoms with Gasteiger partial charge in [0.05, 0.1) is 97.0 Å². The van der Waals surface area contributed by atoms with E-state index in [0.717, 1.165) is 67.4 Å². The molecule has 0 spiro atoms. The fraction of sp³-hybridized carbons (Fsp3) is 0.300. The molecule has 0 fully saturated rings. The Kier molecular flexibility index (Phi) is 9.18. The van der Waals surface area contributed by atoms with Crippen molar-refractivity contribution in [3.8, 4) is 23.3 Å². The van der Waals surface area contributed by atoms with Crippen molar-refractivity contribution in [2.75, 3.05) is 52.9 Å². The van der Waals surface area contributed by atoms with E-state index in [0.29, 0.717) is 79.0 Å². The van der Waals surface area contributed by atoms with Crippen molar-refractivity contribution in [3.63, 3.8) is 0 Å². The third-order valence-corrected chi connectivity index (χ3v) is 9.60. The lowest BCUT2D eigenvalue weighted by molar-refractivity contribution is 0.0421. The molecule has 0 N–H and O–H groups in total. The summed E-state index contributed by atoms with van der Waals surface area (Å²) in [6.07, 6.45) is 0. The molecular formula is C40H40N8O4. The summed E-state index contributed by atoms with van der Waals surface area (Å²) in [4.78, 5) is 20.3. The molecule has 0 radical (unpaired) electrons. The minimum atomic E-state index is 0.477. The van der Waals surface area contributed by atoms with E-state index in [-0.39, 0.29) is 0 Å². The van der Waals surface area contributed by atoms with Crippen LogP contribution in [0.2, 0.25) is 0 Å². The number of aromatic nitrogens is 8. The normalized spacial score (nSPS) is 16.0. The van der Waals surface area contributed by atoms with Crippen molar-refractivity contribution in [1.29, 1.82) is 0 Å². The van der Waals surface area contributed by atoms with Gasteiger partial charge in [-0.05, 0) is 48.5 Å². The molecule has 1 aliphatic rings. The van der Waals surface area contributed by atoms with Crippen molar-refractivity contribution in [2.45, 2.75) is 26.2 Å². The minimum Gasteiger partial charge on any atom is -0.377 e. The average Bonchev–Trinajstić information content (AvgIpc) is 3.94. The number of rotatable bonds is 0. The Labute approximate surface area is 300 Å². The third-order valence-electron chi connectivity index (χ3n) is 9.60. The second-order valence-electron chi connectivity index (χ2n) is 12.8. The molecule has 52 heavy (non-hydrogen) atoms. The van der Waals surface area contributed by atoms with Gasteiger partial charge in [-0.3, -0.25) is 0 Å². The molecule has 0 bridgehead atoms. The second-order valence-corrected chi connectivity index (χ2v) is 12.8. The Morgan fingerprint density at radius 3 is 0.788 bits per heavy atom. The highest BCUT2D eigenvalue weighted by Gasteiger charge is 2.22. The minimum absolute atomic E-state index is 0.477. The highest BCUT2D eigenvalue weighted by Crippen LogP contribution is 2.30. The number of nitrogens with zero attached hydrogens (tertiary/aromatic N) is 8. The van der Waals surface area contributed by atoms with Gasteiger partial charge in [-0.1, -0.05) is 48.5 Å². The van der Waals surface area contributed by atoms with Gasteiger partial charge in [-0.25, -0.2) is 19.9 Å². The van der Waals surface area contributed by atoms with Gasteiger partial charge >= 0.3 is 0 Å². The van der Waals surface area contributed by atoms with Crippen LogP contribution < -0.4 is 0 Å². The maximum Gasteiger partial charge on any atom is 0.177 e. The first-order valence-electron chi connectivity index (χ1n) is 18.0. The maximum atomic E-state index is 6.13. The van der Waals surface area contributed by atoms with E-state index >= 15 is 0 Å². The Morgan fingerprint density at radius 2 is 0.538 bits per heavy atom. The summed E-state index contributed by atoms with van der Waals surface area (Å²) in [6.45, 7) is 6.43. The molecule has 0 unspecified atom stereocenters. The number of hydrogen-bond acceptors (Lipinski definition) is 8. The predicted octanol–water partition coefficient (Wildman–Crippen LogP) is 6.20. The molecule has 264 valence electrons.